The van der Waals surface area contributed by atoms with Gasteiger partial charge >= 0.3 is 5.97 Å². The Morgan fingerprint density at radius 3 is 2.32 bits per heavy atom. The number of phenols is 2. The summed E-state index contributed by atoms with van der Waals surface area (Å²) in [5.74, 6) is -3.20. The highest BCUT2D eigenvalue weighted by Crippen LogP contribution is 2.27. The van der Waals surface area contributed by atoms with Gasteiger partial charge in [-0.25, -0.2) is 9.18 Å². The van der Waals surface area contributed by atoms with Crippen LogP contribution < -0.4 is 0 Å². The van der Waals surface area contributed by atoms with Crippen molar-refractivity contribution >= 4 is 11.8 Å². The summed E-state index contributed by atoms with van der Waals surface area (Å²) in [4.78, 5) is 23.4. The zero-order valence-electron chi connectivity index (χ0n) is 11.7. The van der Waals surface area contributed by atoms with Crippen LogP contribution in [-0.2, 0) is 11.2 Å². The lowest BCUT2D eigenvalue weighted by Gasteiger charge is -2.06. The Kier molecular flexibility index (Phi) is 4.41. The molecule has 22 heavy (non-hydrogen) atoms. The highest BCUT2D eigenvalue weighted by atomic mass is 19.1. The first-order chi connectivity index (χ1) is 10.4. The number of carbonyl (C=O) groups is 2. The van der Waals surface area contributed by atoms with E-state index in [9.17, 15) is 19.1 Å². The lowest BCUT2D eigenvalue weighted by atomic mass is 10.0. The summed E-state index contributed by atoms with van der Waals surface area (Å²) in [5, 5.41) is 18.7. The van der Waals surface area contributed by atoms with Gasteiger partial charge in [-0.15, -0.1) is 0 Å². The number of ether oxygens (including phenoxy) is 1. The van der Waals surface area contributed by atoms with Gasteiger partial charge < -0.3 is 14.9 Å². The predicted molar refractivity (Wildman–Crippen MR) is 75.5 cm³/mol. The molecule has 0 spiro atoms. The van der Waals surface area contributed by atoms with Crippen molar-refractivity contribution in [3.05, 3.63) is 58.9 Å². The number of ketones is 1. The zero-order chi connectivity index (χ0) is 16.3. The van der Waals surface area contributed by atoms with Crippen LogP contribution in [0, 0.1) is 5.82 Å². The Bertz CT molecular complexity index is 722. The molecule has 0 heterocycles. The van der Waals surface area contributed by atoms with E-state index in [1.807, 2.05) is 0 Å². The topological polar surface area (TPSA) is 83.8 Å². The minimum atomic E-state index is -0.984. The van der Waals surface area contributed by atoms with Crippen molar-refractivity contribution in [2.45, 2.75) is 6.42 Å². The molecule has 0 aliphatic heterocycles. The van der Waals surface area contributed by atoms with Crippen molar-refractivity contribution < 1.29 is 28.9 Å². The van der Waals surface area contributed by atoms with E-state index in [0.717, 1.165) is 12.1 Å². The van der Waals surface area contributed by atoms with E-state index in [-0.39, 0.29) is 12.0 Å². The van der Waals surface area contributed by atoms with Gasteiger partial charge in [0.25, 0.3) is 0 Å². The summed E-state index contributed by atoms with van der Waals surface area (Å²) in [5.41, 5.74) is 0.718. The maximum absolute atomic E-state index is 13.3. The molecule has 0 aliphatic rings. The van der Waals surface area contributed by atoms with Gasteiger partial charge in [0, 0.05) is 12.5 Å². The van der Waals surface area contributed by atoms with E-state index in [2.05, 4.69) is 4.74 Å². The molecule has 5 nitrogen and oxygen atoms in total. The molecule has 0 fully saturated rings. The summed E-state index contributed by atoms with van der Waals surface area (Å²) < 4.78 is 17.8. The minimum absolute atomic E-state index is 0.0841. The first kappa shape index (κ1) is 15.5. The Labute approximate surface area is 125 Å². The van der Waals surface area contributed by atoms with Crippen LogP contribution in [0.3, 0.4) is 0 Å². The van der Waals surface area contributed by atoms with Crippen LogP contribution in [-0.4, -0.2) is 29.1 Å². The number of methoxy groups -OCH3 is 1. The Hall–Kier alpha value is -2.89. The second kappa shape index (κ2) is 6.26. The highest BCUT2D eigenvalue weighted by molar-refractivity contribution is 6.00. The normalized spacial score (nSPS) is 10.3. The molecular weight excluding hydrogens is 291 g/mol. The molecule has 0 atom stereocenters. The molecule has 2 aromatic rings. The van der Waals surface area contributed by atoms with Gasteiger partial charge in [-0.2, -0.15) is 0 Å². The van der Waals surface area contributed by atoms with E-state index >= 15 is 0 Å². The predicted octanol–water partition coefficient (Wildman–Crippen LogP) is 2.45. The van der Waals surface area contributed by atoms with Gasteiger partial charge in [0.1, 0.15) is 5.75 Å². The number of hydrogen-bond acceptors (Lipinski definition) is 5. The molecule has 2 rings (SSSR count). The second-order valence-corrected chi connectivity index (χ2v) is 4.61. The summed E-state index contributed by atoms with van der Waals surface area (Å²) in [6.07, 6.45) is -0.0841. The maximum Gasteiger partial charge on any atom is 0.337 e. The van der Waals surface area contributed by atoms with Crippen LogP contribution in [0.1, 0.15) is 26.3 Å². The SMILES string of the molecule is COC(=O)c1ccc(CC(=O)c2cc(F)c(O)cc2O)cc1. The first-order valence-corrected chi connectivity index (χ1v) is 6.34. The third kappa shape index (κ3) is 3.22. The fourth-order valence-corrected chi connectivity index (χ4v) is 1.93. The number of esters is 1. The van der Waals surface area contributed by atoms with Crippen LogP contribution in [0.15, 0.2) is 36.4 Å². The smallest absolute Gasteiger partial charge is 0.337 e. The van der Waals surface area contributed by atoms with Crippen LogP contribution in [0.25, 0.3) is 0 Å². The molecule has 0 saturated carbocycles. The van der Waals surface area contributed by atoms with Gasteiger partial charge in [-0.1, -0.05) is 12.1 Å². The molecule has 0 bridgehead atoms. The van der Waals surface area contributed by atoms with Gasteiger partial charge in [-0.3, -0.25) is 4.79 Å². The summed E-state index contributed by atoms with van der Waals surface area (Å²) in [6, 6.07) is 7.71. The van der Waals surface area contributed by atoms with Crippen molar-refractivity contribution in [2.24, 2.45) is 0 Å². The second-order valence-electron chi connectivity index (χ2n) is 4.61. The van der Waals surface area contributed by atoms with Crippen molar-refractivity contribution in [3.8, 4) is 11.5 Å². The zero-order valence-corrected chi connectivity index (χ0v) is 11.7. The molecule has 0 amide bonds. The van der Waals surface area contributed by atoms with Crippen molar-refractivity contribution in [3.63, 3.8) is 0 Å². The third-order valence-corrected chi connectivity index (χ3v) is 3.11. The molecule has 2 N–H and O–H groups in total. The quantitative estimate of drug-likeness (QED) is 0.669. The van der Waals surface area contributed by atoms with Gasteiger partial charge in [0.15, 0.2) is 17.3 Å². The molecule has 0 aliphatic carbocycles. The molecule has 0 aromatic heterocycles. The Morgan fingerprint density at radius 1 is 1.09 bits per heavy atom. The van der Waals surface area contributed by atoms with E-state index in [1.54, 1.807) is 12.1 Å². The van der Waals surface area contributed by atoms with Crippen LogP contribution in [0.4, 0.5) is 4.39 Å². The van der Waals surface area contributed by atoms with Gasteiger partial charge in [0.05, 0.1) is 18.2 Å². The number of Topliss-reactive ketones (excluding diaryl/α,β-unsaturated/α-hetero) is 1. The molecule has 6 heteroatoms. The standard InChI is InChI=1S/C16H13FO5/c1-22-16(21)10-4-2-9(3-5-10)6-13(18)11-7-12(17)15(20)8-14(11)19/h2-5,7-8,19-20H,6H2,1H3. The van der Waals surface area contributed by atoms with Crippen molar-refractivity contribution in [2.75, 3.05) is 7.11 Å². The van der Waals surface area contributed by atoms with Crippen molar-refractivity contribution in [1.29, 1.82) is 0 Å². The highest BCUT2D eigenvalue weighted by Gasteiger charge is 2.16. The fraction of sp³-hybridized carbons (Fsp3) is 0.125. The molecule has 0 unspecified atom stereocenters. The van der Waals surface area contributed by atoms with Gasteiger partial charge in [0.2, 0.25) is 0 Å². The maximum atomic E-state index is 13.3. The number of halogens is 1. The lowest BCUT2D eigenvalue weighted by Crippen LogP contribution is -2.06. The number of hydrogen-bond donors (Lipinski definition) is 2. The number of carbonyl (C=O) groups excluding carboxylic acids is 2. The van der Waals surface area contributed by atoms with Crippen molar-refractivity contribution in [1.82, 2.24) is 0 Å². The Morgan fingerprint density at radius 2 is 1.73 bits per heavy atom. The average Bonchev–Trinajstić information content (AvgIpc) is 2.50. The van der Waals surface area contributed by atoms with Crippen LogP contribution in [0.2, 0.25) is 0 Å². The fourth-order valence-electron chi connectivity index (χ4n) is 1.93. The Balaban J connectivity index is 2.19. The molecule has 0 radical (unpaired) electrons. The van der Waals surface area contributed by atoms with E-state index in [1.165, 1.54) is 19.2 Å². The van der Waals surface area contributed by atoms with E-state index in [0.29, 0.717) is 11.1 Å². The third-order valence-electron chi connectivity index (χ3n) is 3.11. The number of aromatic hydroxyl groups is 2. The molecule has 114 valence electrons. The monoisotopic (exact) mass is 304 g/mol. The number of rotatable bonds is 4. The van der Waals surface area contributed by atoms with Crippen LogP contribution >= 0.6 is 0 Å². The molecular formula is C16H13FO5. The summed E-state index contributed by atoms with van der Waals surface area (Å²) in [7, 11) is 1.27. The largest absolute Gasteiger partial charge is 0.507 e. The molecule has 0 saturated heterocycles. The van der Waals surface area contributed by atoms with Gasteiger partial charge in [-0.05, 0) is 23.8 Å². The number of phenolic OH excluding ortho intramolecular Hbond substituents is 2. The summed E-state index contributed by atoms with van der Waals surface area (Å²) >= 11 is 0. The first-order valence-electron chi connectivity index (χ1n) is 6.34. The van der Waals surface area contributed by atoms with E-state index < -0.39 is 29.1 Å². The molecule has 2 aromatic carbocycles. The van der Waals surface area contributed by atoms with Crippen LogP contribution in [0.5, 0.6) is 11.5 Å². The number of benzene rings is 2. The summed E-state index contributed by atoms with van der Waals surface area (Å²) in [6.45, 7) is 0. The lowest BCUT2D eigenvalue weighted by molar-refractivity contribution is 0.0600. The van der Waals surface area contributed by atoms with E-state index in [4.69, 9.17) is 5.11 Å². The average molecular weight is 304 g/mol. The minimum Gasteiger partial charge on any atom is -0.507 e.